The number of nitrogens with one attached hydrogen (secondary N) is 1. The van der Waals surface area contributed by atoms with Gasteiger partial charge in [-0.2, -0.15) is 0 Å². The maximum absolute atomic E-state index is 12.7. The number of nitrogens with zero attached hydrogens (tertiary/aromatic N) is 3. The number of aliphatic hydroxyl groups excluding tert-OH is 1. The molecular formula is C17H20N4O4S. The Morgan fingerprint density at radius 2 is 2.27 bits per heavy atom. The van der Waals surface area contributed by atoms with Gasteiger partial charge in [0.1, 0.15) is 10.8 Å². The van der Waals surface area contributed by atoms with E-state index in [-0.39, 0.29) is 18.1 Å². The van der Waals surface area contributed by atoms with Gasteiger partial charge in [-0.15, -0.1) is 11.8 Å². The summed E-state index contributed by atoms with van der Waals surface area (Å²) in [6.45, 7) is 2.27. The van der Waals surface area contributed by atoms with Crippen LogP contribution in [0.25, 0.3) is 0 Å². The van der Waals surface area contributed by atoms with E-state index in [1.54, 1.807) is 30.2 Å². The number of carbonyl (C=O) groups is 2. The van der Waals surface area contributed by atoms with Gasteiger partial charge in [-0.05, 0) is 31.7 Å². The van der Waals surface area contributed by atoms with E-state index in [1.807, 2.05) is 6.26 Å². The number of aromatic nitrogens is 2. The van der Waals surface area contributed by atoms with Crippen molar-refractivity contribution in [3.8, 4) is 0 Å². The molecule has 3 heterocycles. The number of carbonyl (C=O) groups excluding carboxylic acids is 2. The van der Waals surface area contributed by atoms with E-state index < -0.39 is 18.1 Å². The Morgan fingerprint density at radius 3 is 2.92 bits per heavy atom. The second-order valence-corrected chi connectivity index (χ2v) is 6.87. The number of piperidine rings is 1. The second-order valence-electron chi connectivity index (χ2n) is 6.07. The molecule has 1 aliphatic heterocycles. The number of hydrogen-bond donors (Lipinski definition) is 2. The molecule has 138 valence electrons. The van der Waals surface area contributed by atoms with Crippen LogP contribution in [0.3, 0.4) is 0 Å². The van der Waals surface area contributed by atoms with Crippen molar-refractivity contribution >= 4 is 23.6 Å². The molecule has 3 rings (SSSR count). The molecule has 1 saturated heterocycles. The van der Waals surface area contributed by atoms with Gasteiger partial charge in [-0.1, -0.05) is 5.16 Å². The van der Waals surface area contributed by atoms with Crippen molar-refractivity contribution < 1.29 is 19.2 Å². The van der Waals surface area contributed by atoms with Crippen molar-refractivity contribution in [2.45, 2.75) is 30.5 Å². The van der Waals surface area contributed by atoms with Crippen LogP contribution in [0.2, 0.25) is 0 Å². The first-order chi connectivity index (χ1) is 12.5. The van der Waals surface area contributed by atoms with E-state index >= 15 is 0 Å². The van der Waals surface area contributed by atoms with Gasteiger partial charge >= 0.3 is 0 Å². The summed E-state index contributed by atoms with van der Waals surface area (Å²) in [6.07, 6.45) is 3.09. The Kier molecular flexibility index (Phi) is 5.58. The zero-order chi connectivity index (χ0) is 18.7. The van der Waals surface area contributed by atoms with Gasteiger partial charge in [-0.3, -0.25) is 9.59 Å². The molecule has 0 aromatic carbocycles. The minimum Gasteiger partial charge on any atom is -0.389 e. The van der Waals surface area contributed by atoms with Crippen LogP contribution in [0.4, 0.5) is 0 Å². The molecule has 1 fully saturated rings. The van der Waals surface area contributed by atoms with Crippen molar-refractivity contribution in [2.24, 2.45) is 0 Å². The quantitative estimate of drug-likeness (QED) is 0.769. The molecular weight excluding hydrogens is 356 g/mol. The number of rotatable bonds is 4. The molecule has 26 heavy (non-hydrogen) atoms. The summed E-state index contributed by atoms with van der Waals surface area (Å²) in [5, 5.41) is 17.5. The molecule has 2 aromatic heterocycles. The van der Waals surface area contributed by atoms with Crippen molar-refractivity contribution in [3.63, 3.8) is 0 Å². The van der Waals surface area contributed by atoms with Crippen molar-refractivity contribution in [1.82, 2.24) is 20.4 Å². The van der Waals surface area contributed by atoms with Gasteiger partial charge in [0.15, 0.2) is 5.69 Å². The average Bonchev–Trinajstić information content (AvgIpc) is 3.09. The first-order valence-electron chi connectivity index (χ1n) is 8.20. The molecule has 0 bridgehead atoms. The van der Waals surface area contributed by atoms with Crippen molar-refractivity contribution in [2.75, 3.05) is 19.3 Å². The number of likely N-dealkylation sites (tertiary alicyclic amines) is 1. The van der Waals surface area contributed by atoms with Crippen LogP contribution >= 0.6 is 11.8 Å². The van der Waals surface area contributed by atoms with Crippen LogP contribution in [0.1, 0.15) is 33.0 Å². The predicted molar refractivity (Wildman–Crippen MR) is 95.0 cm³/mol. The number of thioether (sulfide) groups is 1. The van der Waals surface area contributed by atoms with E-state index in [9.17, 15) is 14.7 Å². The Bertz CT molecular complexity index is 810. The van der Waals surface area contributed by atoms with Gasteiger partial charge < -0.3 is 19.8 Å². The zero-order valence-electron chi connectivity index (χ0n) is 14.5. The highest BCUT2D eigenvalue weighted by atomic mass is 32.2. The first kappa shape index (κ1) is 18.4. The lowest BCUT2D eigenvalue weighted by atomic mass is 10.0. The van der Waals surface area contributed by atoms with Gasteiger partial charge in [-0.25, -0.2) is 4.98 Å². The Morgan fingerprint density at radius 1 is 1.46 bits per heavy atom. The van der Waals surface area contributed by atoms with Gasteiger partial charge in [0.05, 0.1) is 17.7 Å². The summed E-state index contributed by atoms with van der Waals surface area (Å²) in [7, 11) is 0. The number of aliphatic hydroxyl groups is 1. The molecule has 2 atom stereocenters. The SMILES string of the molecule is CSc1ncccc1C(=O)N1CC[C@@H](NC(=O)c2cc(C)on2)[C@H](O)C1. The van der Waals surface area contributed by atoms with E-state index in [1.165, 1.54) is 17.8 Å². The third kappa shape index (κ3) is 3.88. The molecule has 0 spiro atoms. The van der Waals surface area contributed by atoms with Crippen LogP contribution in [-0.2, 0) is 0 Å². The summed E-state index contributed by atoms with van der Waals surface area (Å²) >= 11 is 1.40. The summed E-state index contributed by atoms with van der Waals surface area (Å²) < 4.78 is 4.89. The molecule has 0 unspecified atom stereocenters. The lowest BCUT2D eigenvalue weighted by Crippen LogP contribution is -2.55. The van der Waals surface area contributed by atoms with Gasteiger partial charge in [0, 0.05) is 25.4 Å². The highest BCUT2D eigenvalue weighted by Gasteiger charge is 2.32. The third-order valence-corrected chi connectivity index (χ3v) is 4.95. The van der Waals surface area contributed by atoms with Crippen molar-refractivity contribution in [3.05, 3.63) is 41.4 Å². The highest BCUT2D eigenvalue weighted by Crippen LogP contribution is 2.21. The topological polar surface area (TPSA) is 109 Å². The highest BCUT2D eigenvalue weighted by molar-refractivity contribution is 7.98. The molecule has 2 aromatic rings. The van der Waals surface area contributed by atoms with E-state index in [4.69, 9.17) is 4.52 Å². The maximum Gasteiger partial charge on any atom is 0.273 e. The minimum absolute atomic E-state index is 0.143. The molecule has 0 radical (unpaired) electrons. The molecule has 0 saturated carbocycles. The normalized spacial score (nSPS) is 20.0. The van der Waals surface area contributed by atoms with Crippen LogP contribution in [-0.4, -0.2) is 63.5 Å². The van der Waals surface area contributed by atoms with Gasteiger partial charge in [0.2, 0.25) is 0 Å². The molecule has 1 aliphatic rings. The van der Waals surface area contributed by atoms with Crippen LogP contribution in [0.5, 0.6) is 0 Å². The predicted octanol–water partition coefficient (Wildman–Crippen LogP) is 1.11. The Balaban J connectivity index is 1.63. The Hall–Kier alpha value is -2.39. The maximum atomic E-state index is 12.7. The standard InChI is InChI=1S/C17H20N4O4S/c1-10-8-13(20-25-10)15(23)19-12-5-7-21(9-14(12)22)17(24)11-4-3-6-18-16(11)26-2/h3-4,6,8,12,14,22H,5,7,9H2,1-2H3,(H,19,23)/t12-,14-/m1/s1. The zero-order valence-corrected chi connectivity index (χ0v) is 15.3. The second kappa shape index (κ2) is 7.88. The fraction of sp³-hybridized carbons (Fsp3) is 0.412. The van der Waals surface area contributed by atoms with Crippen LogP contribution in [0.15, 0.2) is 33.9 Å². The number of aryl methyl sites for hydroxylation is 1. The third-order valence-electron chi connectivity index (χ3n) is 4.24. The monoisotopic (exact) mass is 376 g/mol. The Labute approximate surface area is 155 Å². The summed E-state index contributed by atoms with van der Waals surface area (Å²) in [5.41, 5.74) is 0.695. The molecule has 2 N–H and O–H groups in total. The minimum atomic E-state index is -0.862. The number of amides is 2. The lowest BCUT2D eigenvalue weighted by Gasteiger charge is -2.36. The molecule has 2 amide bonds. The lowest BCUT2D eigenvalue weighted by molar-refractivity contribution is 0.0311. The smallest absolute Gasteiger partial charge is 0.273 e. The number of hydrogen-bond acceptors (Lipinski definition) is 7. The van der Waals surface area contributed by atoms with Crippen molar-refractivity contribution in [1.29, 1.82) is 0 Å². The van der Waals surface area contributed by atoms with Crippen LogP contribution in [0, 0.1) is 6.92 Å². The molecule has 8 nitrogen and oxygen atoms in total. The summed E-state index contributed by atoms with van der Waals surface area (Å²) in [6, 6.07) is 4.54. The van der Waals surface area contributed by atoms with E-state index in [0.717, 1.165) is 0 Å². The largest absolute Gasteiger partial charge is 0.389 e. The number of β-amino-alcohol motifs (C(OH)–C–C–N with tert-alkyl or cyclic N) is 1. The fourth-order valence-electron chi connectivity index (χ4n) is 2.89. The van der Waals surface area contributed by atoms with Gasteiger partial charge in [0.25, 0.3) is 11.8 Å². The summed E-state index contributed by atoms with van der Waals surface area (Å²) in [4.78, 5) is 30.7. The molecule has 9 heteroatoms. The molecule has 0 aliphatic carbocycles. The average molecular weight is 376 g/mol. The van der Waals surface area contributed by atoms with Crippen LogP contribution < -0.4 is 5.32 Å². The fourth-order valence-corrected chi connectivity index (χ4v) is 3.43. The first-order valence-corrected chi connectivity index (χ1v) is 9.42. The summed E-state index contributed by atoms with van der Waals surface area (Å²) in [5.74, 6) is -0.0295. The van der Waals surface area contributed by atoms with E-state index in [0.29, 0.717) is 29.3 Å². The number of pyridine rings is 1. The van der Waals surface area contributed by atoms with E-state index in [2.05, 4.69) is 15.5 Å².